The first kappa shape index (κ1) is 16.1. The van der Waals surface area contributed by atoms with Crippen molar-refractivity contribution in [2.24, 2.45) is 5.73 Å². The molecule has 0 atom stereocenters. The number of carbonyl (C=O) groups is 1. The van der Waals surface area contributed by atoms with Crippen LogP contribution in [0, 0.1) is 0 Å². The molecule has 2 aromatic heterocycles. The number of pyridine rings is 1. The molecule has 0 aromatic carbocycles. The van der Waals surface area contributed by atoms with Crippen molar-refractivity contribution in [1.82, 2.24) is 9.88 Å². The average Bonchev–Trinajstić information content (AvgIpc) is 3.10. The molecular formula is C18H23N3OS. The molecule has 0 spiro atoms. The fourth-order valence-electron chi connectivity index (χ4n) is 3.18. The van der Waals surface area contributed by atoms with Crippen molar-refractivity contribution in [2.75, 3.05) is 13.1 Å². The van der Waals surface area contributed by atoms with Crippen LogP contribution >= 0.6 is 11.3 Å². The first-order valence-electron chi connectivity index (χ1n) is 8.24. The summed E-state index contributed by atoms with van der Waals surface area (Å²) in [6.07, 6.45) is 4.60. The Morgan fingerprint density at radius 3 is 2.78 bits per heavy atom. The third-order valence-electron chi connectivity index (χ3n) is 4.52. The molecule has 23 heavy (non-hydrogen) atoms. The predicted octanol–water partition coefficient (Wildman–Crippen LogP) is 3.18. The van der Waals surface area contributed by atoms with Gasteiger partial charge in [-0.05, 0) is 49.4 Å². The van der Waals surface area contributed by atoms with Crippen molar-refractivity contribution in [3.05, 3.63) is 51.5 Å². The third kappa shape index (κ3) is 3.46. The number of carbonyl (C=O) groups excluding carboxylic acids is 1. The van der Waals surface area contributed by atoms with E-state index in [9.17, 15) is 4.79 Å². The van der Waals surface area contributed by atoms with Gasteiger partial charge in [0.15, 0.2) is 0 Å². The van der Waals surface area contributed by atoms with Gasteiger partial charge < -0.3 is 10.6 Å². The lowest BCUT2D eigenvalue weighted by atomic mass is 9.94. The van der Waals surface area contributed by atoms with Gasteiger partial charge in [0.1, 0.15) is 0 Å². The number of nitrogens with two attached hydrogens (primary N) is 1. The number of aromatic nitrogens is 1. The van der Waals surface area contributed by atoms with Gasteiger partial charge in [-0.3, -0.25) is 9.78 Å². The van der Waals surface area contributed by atoms with Gasteiger partial charge in [-0.1, -0.05) is 6.92 Å². The van der Waals surface area contributed by atoms with Crippen molar-refractivity contribution >= 4 is 17.2 Å². The van der Waals surface area contributed by atoms with E-state index in [1.54, 1.807) is 6.20 Å². The standard InChI is InChI=1S/C18H23N3OS/c1-2-16-15(4-3-9-20-16)18(22)21-10-7-13(8-11-21)17-6-5-14(12-19)23-17/h3-6,9,13H,2,7-8,10-12,19H2,1H3. The minimum absolute atomic E-state index is 0.127. The number of aryl methyl sites for hydroxylation is 1. The quantitative estimate of drug-likeness (QED) is 0.937. The highest BCUT2D eigenvalue weighted by Crippen LogP contribution is 2.33. The molecule has 1 fully saturated rings. The van der Waals surface area contributed by atoms with Gasteiger partial charge >= 0.3 is 0 Å². The number of hydrogen-bond acceptors (Lipinski definition) is 4. The molecule has 5 heteroatoms. The number of amides is 1. The number of likely N-dealkylation sites (tertiary alicyclic amines) is 1. The molecule has 1 saturated heterocycles. The fraction of sp³-hybridized carbons (Fsp3) is 0.444. The summed E-state index contributed by atoms with van der Waals surface area (Å²) in [7, 11) is 0. The van der Waals surface area contributed by atoms with Gasteiger partial charge in [-0.15, -0.1) is 11.3 Å². The van der Waals surface area contributed by atoms with Gasteiger partial charge in [0, 0.05) is 35.6 Å². The number of hydrogen-bond donors (Lipinski definition) is 1. The van der Waals surface area contributed by atoms with Crippen LogP contribution in [0.1, 0.15) is 51.5 Å². The minimum Gasteiger partial charge on any atom is -0.339 e. The smallest absolute Gasteiger partial charge is 0.255 e. The van der Waals surface area contributed by atoms with E-state index in [1.165, 1.54) is 9.75 Å². The number of rotatable bonds is 4. The second-order valence-corrected chi connectivity index (χ2v) is 7.13. The first-order valence-corrected chi connectivity index (χ1v) is 9.06. The molecule has 0 radical (unpaired) electrons. The summed E-state index contributed by atoms with van der Waals surface area (Å²) < 4.78 is 0. The summed E-state index contributed by atoms with van der Waals surface area (Å²) in [4.78, 5) is 21.7. The largest absolute Gasteiger partial charge is 0.339 e. The molecule has 0 bridgehead atoms. The number of piperidine rings is 1. The Morgan fingerprint density at radius 1 is 1.35 bits per heavy atom. The van der Waals surface area contributed by atoms with Crippen LogP contribution < -0.4 is 5.73 Å². The van der Waals surface area contributed by atoms with Gasteiger partial charge in [0.2, 0.25) is 0 Å². The SMILES string of the molecule is CCc1ncccc1C(=O)N1CCC(c2ccc(CN)s2)CC1. The summed E-state index contributed by atoms with van der Waals surface area (Å²) in [5.74, 6) is 0.686. The first-order chi connectivity index (χ1) is 11.2. The Kier molecular flexibility index (Phi) is 5.08. The zero-order valence-electron chi connectivity index (χ0n) is 13.5. The monoisotopic (exact) mass is 329 g/mol. The Bertz CT molecular complexity index is 674. The molecule has 1 amide bonds. The predicted molar refractivity (Wildman–Crippen MR) is 93.7 cm³/mol. The topological polar surface area (TPSA) is 59.2 Å². The van der Waals surface area contributed by atoms with Gasteiger partial charge in [-0.25, -0.2) is 0 Å². The molecule has 3 rings (SSSR count). The van der Waals surface area contributed by atoms with Crippen molar-refractivity contribution in [1.29, 1.82) is 0 Å². The fourth-order valence-corrected chi connectivity index (χ4v) is 4.24. The van der Waals surface area contributed by atoms with Crippen molar-refractivity contribution in [3.63, 3.8) is 0 Å². The van der Waals surface area contributed by atoms with Crippen molar-refractivity contribution in [3.8, 4) is 0 Å². The lowest BCUT2D eigenvalue weighted by molar-refractivity contribution is 0.0712. The molecule has 2 N–H and O–H groups in total. The second kappa shape index (κ2) is 7.23. The number of thiophene rings is 1. The van der Waals surface area contributed by atoms with E-state index >= 15 is 0 Å². The summed E-state index contributed by atoms with van der Waals surface area (Å²) in [6.45, 7) is 4.29. The normalized spacial score (nSPS) is 15.8. The maximum Gasteiger partial charge on any atom is 0.255 e. The van der Waals surface area contributed by atoms with Crippen molar-refractivity contribution < 1.29 is 4.79 Å². The van der Waals surface area contributed by atoms with Gasteiger partial charge in [0.25, 0.3) is 5.91 Å². The van der Waals surface area contributed by atoms with E-state index in [2.05, 4.69) is 17.1 Å². The zero-order valence-corrected chi connectivity index (χ0v) is 14.3. The van der Waals surface area contributed by atoms with Gasteiger partial charge in [0.05, 0.1) is 11.3 Å². The molecule has 0 unspecified atom stereocenters. The molecule has 3 heterocycles. The molecule has 122 valence electrons. The van der Waals surface area contributed by atoms with Crippen LogP contribution in [0.15, 0.2) is 30.5 Å². The Balaban J connectivity index is 1.65. The summed E-state index contributed by atoms with van der Waals surface area (Å²) in [6, 6.07) is 8.07. The van der Waals surface area contributed by atoms with Crippen LogP contribution in [0.3, 0.4) is 0 Å². The van der Waals surface area contributed by atoms with Crippen LogP contribution in [-0.4, -0.2) is 28.9 Å². The highest BCUT2D eigenvalue weighted by molar-refractivity contribution is 7.12. The summed E-state index contributed by atoms with van der Waals surface area (Å²) in [5, 5.41) is 0. The van der Waals surface area contributed by atoms with Gasteiger partial charge in [-0.2, -0.15) is 0 Å². The summed E-state index contributed by atoms with van der Waals surface area (Å²) >= 11 is 1.81. The van der Waals surface area contributed by atoms with E-state index in [0.29, 0.717) is 12.5 Å². The van der Waals surface area contributed by atoms with Crippen LogP contribution in [0.4, 0.5) is 0 Å². The lowest BCUT2D eigenvalue weighted by Gasteiger charge is -2.32. The van der Waals surface area contributed by atoms with E-state index in [-0.39, 0.29) is 5.91 Å². The maximum absolute atomic E-state index is 12.7. The molecular weight excluding hydrogens is 306 g/mol. The average molecular weight is 329 g/mol. The van der Waals surface area contributed by atoms with E-state index in [1.807, 2.05) is 35.3 Å². The Labute approximate surface area is 141 Å². The second-order valence-electron chi connectivity index (χ2n) is 5.93. The Hall–Kier alpha value is -1.72. The van der Waals surface area contributed by atoms with E-state index in [4.69, 9.17) is 5.73 Å². The third-order valence-corrected chi connectivity index (χ3v) is 5.79. The molecule has 1 aliphatic rings. The highest BCUT2D eigenvalue weighted by atomic mass is 32.1. The Morgan fingerprint density at radius 2 is 2.13 bits per heavy atom. The molecule has 0 saturated carbocycles. The number of nitrogens with zero attached hydrogens (tertiary/aromatic N) is 2. The van der Waals surface area contributed by atoms with Crippen LogP contribution in [-0.2, 0) is 13.0 Å². The maximum atomic E-state index is 12.7. The van der Waals surface area contributed by atoms with E-state index in [0.717, 1.165) is 43.6 Å². The van der Waals surface area contributed by atoms with Crippen LogP contribution in [0.5, 0.6) is 0 Å². The molecule has 1 aliphatic heterocycles. The van der Waals surface area contributed by atoms with Crippen LogP contribution in [0.2, 0.25) is 0 Å². The minimum atomic E-state index is 0.127. The molecule has 2 aromatic rings. The lowest BCUT2D eigenvalue weighted by Crippen LogP contribution is -2.38. The summed E-state index contributed by atoms with van der Waals surface area (Å²) in [5.41, 5.74) is 7.35. The van der Waals surface area contributed by atoms with Crippen molar-refractivity contribution in [2.45, 2.75) is 38.6 Å². The molecule has 0 aliphatic carbocycles. The van der Waals surface area contributed by atoms with E-state index < -0.39 is 0 Å². The van der Waals surface area contributed by atoms with Crippen LogP contribution in [0.25, 0.3) is 0 Å². The molecule has 4 nitrogen and oxygen atoms in total. The zero-order chi connectivity index (χ0) is 16.2. The highest BCUT2D eigenvalue weighted by Gasteiger charge is 2.26.